The van der Waals surface area contributed by atoms with Gasteiger partial charge in [0.1, 0.15) is 5.82 Å². The molecule has 0 amide bonds. The van der Waals surface area contributed by atoms with Crippen molar-refractivity contribution in [2.45, 2.75) is 51.7 Å². The normalized spacial score (nSPS) is 19.7. The maximum absolute atomic E-state index is 13.4. The van der Waals surface area contributed by atoms with Crippen LogP contribution < -0.4 is 5.32 Å². The molecule has 21 heavy (non-hydrogen) atoms. The number of rotatable bonds is 5. The molecule has 3 nitrogen and oxygen atoms in total. The highest BCUT2D eigenvalue weighted by molar-refractivity contribution is 5.37. The van der Waals surface area contributed by atoms with Gasteiger partial charge in [-0.2, -0.15) is 5.26 Å². The van der Waals surface area contributed by atoms with Crippen LogP contribution in [0.25, 0.3) is 0 Å². The van der Waals surface area contributed by atoms with Gasteiger partial charge in [-0.15, -0.1) is 0 Å². The van der Waals surface area contributed by atoms with Crippen LogP contribution in [0, 0.1) is 17.1 Å². The molecule has 1 heterocycles. The van der Waals surface area contributed by atoms with E-state index in [2.05, 4.69) is 30.1 Å². The molecule has 114 valence electrons. The number of nitriles is 1. The van der Waals surface area contributed by atoms with Crippen molar-refractivity contribution in [3.8, 4) is 6.07 Å². The van der Waals surface area contributed by atoms with Crippen molar-refractivity contribution in [2.75, 3.05) is 13.1 Å². The molecule has 1 unspecified atom stereocenters. The van der Waals surface area contributed by atoms with Crippen LogP contribution in [0.2, 0.25) is 0 Å². The van der Waals surface area contributed by atoms with Gasteiger partial charge in [0.2, 0.25) is 0 Å². The van der Waals surface area contributed by atoms with Crippen LogP contribution in [0.15, 0.2) is 18.2 Å². The molecular formula is C17H24FN3. The number of hydrogen-bond acceptors (Lipinski definition) is 3. The van der Waals surface area contributed by atoms with Crippen molar-refractivity contribution >= 4 is 0 Å². The molecule has 0 bridgehead atoms. The van der Waals surface area contributed by atoms with Gasteiger partial charge in [-0.1, -0.05) is 20.3 Å². The summed E-state index contributed by atoms with van der Waals surface area (Å²) in [6.45, 7) is 6.92. The second-order valence-electron chi connectivity index (χ2n) is 6.10. The van der Waals surface area contributed by atoms with Crippen LogP contribution >= 0.6 is 0 Å². The Morgan fingerprint density at radius 3 is 2.95 bits per heavy atom. The van der Waals surface area contributed by atoms with Crippen LogP contribution in [0.5, 0.6) is 0 Å². The lowest BCUT2D eigenvalue weighted by Gasteiger charge is -2.36. The highest BCUT2D eigenvalue weighted by atomic mass is 19.1. The zero-order valence-corrected chi connectivity index (χ0v) is 12.9. The quantitative estimate of drug-likeness (QED) is 0.905. The Hall–Kier alpha value is -1.44. The molecule has 1 atom stereocenters. The lowest BCUT2D eigenvalue weighted by atomic mass is 9.99. The third-order valence-electron chi connectivity index (χ3n) is 4.07. The fourth-order valence-electron chi connectivity index (χ4n) is 2.89. The van der Waals surface area contributed by atoms with E-state index in [0.29, 0.717) is 24.2 Å². The van der Waals surface area contributed by atoms with Crippen molar-refractivity contribution in [3.05, 3.63) is 35.1 Å². The van der Waals surface area contributed by atoms with E-state index in [0.717, 1.165) is 25.1 Å². The molecule has 1 aromatic rings. The Morgan fingerprint density at radius 1 is 1.43 bits per heavy atom. The van der Waals surface area contributed by atoms with Crippen LogP contribution in [-0.2, 0) is 6.54 Å². The van der Waals surface area contributed by atoms with E-state index in [-0.39, 0.29) is 5.82 Å². The molecule has 1 aliphatic heterocycles. The van der Waals surface area contributed by atoms with Gasteiger partial charge in [-0.25, -0.2) is 4.39 Å². The summed E-state index contributed by atoms with van der Waals surface area (Å²) in [4.78, 5) is 2.38. The smallest absolute Gasteiger partial charge is 0.123 e. The van der Waals surface area contributed by atoms with Gasteiger partial charge in [0.05, 0.1) is 11.6 Å². The number of piperidine rings is 1. The Bertz CT molecular complexity index is 507. The predicted octanol–water partition coefficient (Wildman–Crippen LogP) is 3.05. The molecule has 2 rings (SSSR count). The Balaban J connectivity index is 2.08. The number of halogens is 1. The highest BCUT2D eigenvalue weighted by Gasteiger charge is 2.23. The van der Waals surface area contributed by atoms with Crippen LogP contribution in [0.3, 0.4) is 0 Å². The van der Waals surface area contributed by atoms with Crippen molar-refractivity contribution in [2.24, 2.45) is 0 Å². The standard InChI is InChI=1S/C17H24FN3/c1-13(2)20-11-17-5-3-4-8-21(17)12-15-9-16(18)7-6-14(15)10-19/h6-7,9,13,17,20H,3-5,8,11-12H2,1-2H3. The first-order chi connectivity index (χ1) is 10.1. The van der Waals surface area contributed by atoms with E-state index in [1.807, 2.05) is 0 Å². The zero-order valence-electron chi connectivity index (χ0n) is 12.9. The minimum Gasteiger partial charge on any atom is -0.313 e. The number of hydrogen-bond donors (Lipinski definition) is 1. The molecule has 0 saturated carbocycles. The summed E-state index contributed by atoms with van der Waals surface area (Å²) in [5.41, 5.74) is 1.38. The van der Waals surface area contributed by atoms with Crippen molar-refractivity contribution in [3.63, 3.8) is 0 Å². The summed E-state index contributed by atoms with van der Waals surface area (Å²) in [6.07, 6.45) is 3.58. The van der Waals surface area contributed by atoms with Gasteiger partial charge in [-0.05, 0) is 43.1 Å². The second-order valence-corrected chi connectivity index (χ2v) is 6.10. The van der Waals surface area contributed by atoms with Crippen molar-refractivity contribution < 1.29 is 4.39 Å². The lowest BCUT2D eigenvalue weighted by Crippen LogP contribution is -2.46. The van der Waals surface area contributed by atoms with Gasteiger partial charge in [-0.3, -0.25) is 4.90 Å². The Morgan fingerprint density at radius 2 is 2.24 bits per heavy atom. The van der Waals surface area contributed by atoms with E-state index < -0.39 is 0 Å². The van der Waals surface area contributed by atoms with Gasteiger partial charge in [0, 0.05) is 25.2 Å². The van der Waals surface area contributed by atoms with Gasteiger partial charge in [0.25, 0.3) is 0 Å². The SMILES string of the molecule is CC(C)NCC1CCCCN1Cc1cc(F)ccc1C#N. The maximum Gasteiger partial charge on any atom is 0.123 e. The lowest BCUT2D eigenvalue weighted by molar-refractivity contribution is 0.135. The topological polar surface area (TPSA) is 39.1 Å². The van der Waals surface area contributed by atoms with E-state index in [1.165, 1.54) is 25.0 Å². The molecule has 1 fully saturated rings. The molecule has 1 aliphatic rings. The van der Waals surface area contributed by atoms with E-state index >= 15 is 0 Å². The molecule has 4 heteroatoms. The summed E-state index contributed by atoms with van der Waals surface area (Å²) >= 11 is 0. The van der Waals surface area contributed by atoms with Crippen LogP contribution in [-0.4, -0.2) is 30.1 Å². The zero-order chi connectivity index (χ0) is 15.2. The third-order valence-corrected chi connectivity index (χ3v) is 4.07. The summed E-state index contributed by atoms with van der Waals surface area (Å²) in [6, 6.07) is 7.54. The fourth-order valence-corrected chi connectivity index (χ4v) is 2.89. The van der Waals surface area contributed by atoms with Crippen LogP contribution in [0.1, 0.15) is 44.2 Å². The summed E-state index contributed by atoms with van der Waals surface area (Å²) in [7, 11) is 0. The average Bonchev–Trinajstić information content (AvgIpc) is 2.46. The van der Waals surface area contributed by atoms with Crippen LogP contribution in [0.4, 0.5) is 4.39 Å². The molecule has 0 spiro atoms. The molecule has 1 aromatic carbocycles. The molecular weight excluding hydrogens is 265 g/mol. The molecule has 0 aliphatic carbocycles. The largest absolute Gasteiger partial charge is 0.313 e. The number of nitrogens with zero attached hydrogens (tertiary/aromatic N) is 2. The predicted molar refractivity (Wildman–Crippen MR) is 82.3 cm³/mol. The first-order valence-corrected chi connectivity index (χ1v) is 7.76. The number of nitrogens with one attached hydrogen (secondary N) is 1. The van der Waals surface area contributed by atoms with E-state index in [1.54, 1.807) is 6.07 Å². The van der Waals surface area contributed by atoms with Gasteiger partial charge in [0.15, 0.2) is 0 Å². The maximum atomic E-state index is 13.4. The number of benzene rings is 1. The minimum atomic E-state index is -0.266. The Labute approximate surface area is 126 Å². The van der Waals surface area contributed by atoms with Crippen molar-refractivity contribution in [1.82, 2.24) is 10.2 Å². The minimum absolute atomic E-state index is 0.266. The fraction of sp³-hybridized carbons (Fsp3) is 0.588. The van der Waals surface area contributed by atoms with E-state index in [4.69, 9.17) is 0 Å². The summed E-state index contributed by atoms with van der Waals surface area (Å²) in [5, 5.41) is 12.7. The summed E-state index contributed by atoms with van der Waals surface area (Å²) < 4.78 is 13.4. The molecule has 0 radical (unpaired) electrons. The molecule has 1 saturated heterocycles. The average molecular weight is 289 g/mol. The summed E-state index contributed by atoms with van der Waals surface area (Å²) in [5.74, 6) is -0.266. The molecule has 1 N–H and O–H groups in total. The highest BCUT2D eigenvalue weighted by Crippen LogP contribution is 2.21. The second kappa shape index (κ2) is 7.53. The van der Waals surface area contributed by atoms with Crippen molar-refractivity contribution in [1.29, 1.82) is 5.26 Å². The van der Waals surface area contributed by atoms with Gasteiger partial charge < -0.3 is 5.32 Å². The third kappa shape index (κ3) is 4.52. The van der Waals surface area contributed by atoms with E-state index in [9.17, 15) is 9.65 Å². The first-order valence-electron chi connectivity index (χ1n) is 7.76. The monoisotopic (exact) mass is 289 g/mol. The first kappa shape index (κ1) is 15.9. The molecule has 0 aromatic heterocycles. The Kier molecular flexibility index (Phi) is 5.72. The number of likely N-dealkylation sites (tertiary alicyclic amines) is 1. The van der Waals surface area contributed by atoms with Gasteiger partial charge >= 0.3 is 0 Å².